The van der Waals surface area contributed by atoms with E-state index in [-0.39, 0.29) is 5.43 Å². The van der Waals surface area contributed by atoms with E-state index in [4.69, 9.17) is 28.1 Å². The summed E-state index contributed by atoms with van der Waals surface area (Å²) in [5, 5.41) is 0.446. The molecule has 0 saturated carbocycles. The maximum absolute atomic E-state index is 13.6. The monoisotopic (exact) mass is 474 g/mol. The minimum Gasteiger partial charge on any atom is -0.497 e. The summed E-state index contributed by atoms with van der Waals surface area (Å²) in [6, 6.07) is 16.0. The molecule has 0 atom stereocenters. The van der Waals surface area contributed by atoms with Gasteiger partial charge in [0.25, 0.3) is 0 Å². The van der Waals surface area contributed by atoms with Crippen molar-refractivity contribution in [3.8, 4) is 40.1 Å². The molecule has 0 aliphatic rings. The molecule has 4 rings (SSSR count). The summed E-state index contributed by atoms with van der Waals surface area (Å²) in [6.07, 6.45) is 3.57. The molecule has 0 unspecified atom stereocenters. The third-order valence-electron chi connectivity index (χ3n) is 5.63. The molecule has 3 aromatic carbocycles. The highest BCUT2D eigenvalue weighted by Crippen LogP contribution is 2.35. The second kappa shape index (κ2) is 10.3. The van der Waals surface area contributed by atoms with Crippen LogP contribution >= 0.6 is 0 Å². The van der Waals surface area contributed by atoms with Gasteiger partial charge in [-0.05, 0) is 54.1 Å². The van der Waals surface area contributed by atoms with E-state index in [0.717, 1.165) is 5.56 Å². The highest BCUT2D eigenvalue weighted by molar-refractivity contribution is 5.87. The Morgan fingerprint density at radius 3 is 1.97 bits per heavy atom. The van der Waals surface area contributed by atoms with Crippen LogP contribution in [-0.2, 0) is 0 Å². The summed E-state index contributed by atoms with van der Waals surface area (Å²) >= 11 is 0. The Morgan fingerprint density at radius 2 is 1.31 bits per heavy atom. The Bertz CT molecular complexity index is 1450. The molecular formula is C28H26O7. The molecule has 0 aliphatic carbocycles. The van der Waals surface area contributed by atoms with Gasteiger partial charge in [-0.25, -0.2) is 0 Å². The van der Waals surface area contributed by atoms with Gasteiger partial charge in [-0.15, -0.1) is 0 Å². The number of hydrogen-bond donors (Lipinski definition) is 0. The normalized spacial score (nSPS) is 11.0. The van der Waals surface area contributed by atoms with Gasteiger partial charge in [0.1, 0.15) is 17.1 Å². The molecule has 0 fully saturated rings. The fourth-order valence-electron chi connectivity index (χ4n) is 3.79. The average molecular weight is 475 g/mol. The van der Waals surface area contributed by atoms with Crippen molar-refractivity contribution in [1.82, 2.24) is 0 Å². The lowest BCUT2D eigenvalue weighted by Gasteiger charge is -2.12. The van der Waals surface area contributed by atoms with Crippen LogP contribution in [0.1, 0.15) is 11.1 Å². The number of methoxy groups -OCH3 is 5. The van der Waals surface area contributed by atoms with Gasteiger partial charge in [0.15, 0.2) is 23.0 Å². The molecule has 7 heteroatoms. The van der Waals surface area contributed by atoms with E-state index in [1.807, 2.05) is 30.3 Å². The van der Waals surface area contributed by atoms with E-state index >= 15 is 0 Å². The van der Waals surface area contributed by atoms with Crippen LogP contribution in [0.3, 0.4) is 0 Å². The Hall–Kier alpha value is -4.39. The molecule has 35 heavy (non-hydrogen) atoms. The molecule has 0 radical (unpaired) electrons. The van der Waals surface area contributed by atoms with Gasteiger partial charge in [0.05, 0.1) is 46.5 Å². The number of hydrogen-bond acceptors (Lipinski definition) is 7. The Labute approximate surface area is 203 Å². The zero-order valence-electron chi connectivity index (χ0n) is 20.2. The van der Waals surface area contributed by atoms with Crippen molar-refractivity contribution >= 4 is 23.1 Å². The van der Waals surface area contributed by atoms with E-state index in [1.54, 1.807) is 72.0 Å². The number of fused-ring (bicyclic) bond motifs is 1. The molecule has 4 aromatic rings. The largest absolute Gasteiger partial charge is 0.497 e. The highest BCUT2D eigenvalue weighted by atomic mass is 16.5. The summed E-state index contributed by atoms with van der Waals surface area (Å²) in [6.45, 7) is 0. The first kappa shape index (κ1) is 23.8. The van der Waals surface area contributed by atoms with Crippen LogP contribution in [0.15, 0.2) is 63.8 Å². The van der Waals surface area contributed by atoms with E-state index < -0.39 is 0 Å². The van der Waals surface area contributed by atoms with Gasteiger partial charge in [-0.1, -0.05) is 12.1 Å². The van der Waals surface area contributed by atoms with Crippen LogP contribution in [0.2, 0.25) is 0 Å². The van der Waals surface area contributed by atoms with Crippen LogP contribution in [-0.4, -0.2) is 35.5 Å². The topological polar surface area (TPSA) is 76.4 Å². The van der Waals surface area contributed by atoms with Crippen molar-refractivity contribution in [2.24, 2.45) is 0 Å². The maximum Gasteiger partial charge on any atom is 0.200 e. The second-order valence-electron chi connectivity index (χ2n) is 7.55. The first-order valence-corrected chi connectivity index (χ1v) is 10.8. The number of ether oxygens (including phenoxy) is 5. The van der Waals surface area contributed by atoms with Crippen LogP contribution in [0.25, 0.3) is 34.4 Å². The van der Waals surface area contributed by atoms with Crippen molar-refractivity contribution in [3.63, 3.8) is 0 Å². The Morgan fingerprint density at radius 1 is 0.657 bits per heavy atom. The molecular weight excluding hydrogens is 448 g/mol. The summed E-state index contributed by atoms with van der Waals surface area (Å²) in [4.78, 5) is 13.6. The molecule has 7 nitrogen and oxygen atoms in total. The number of benzene rings is 3. The van der Waals surface area contributed by atoms with Crippen molar-refractivity contribution in [1.29, 1.82) is 0 Å². The Kier molecular flexibility index (Phi) is 6.96. The molecule has 0 amide bonds. The molecule has 180 valence electrons. The van der Waals surface area contributed by atoms with Gasteiger partial charge in [-0.3, -0.25) is 4.79 Å². The van der Waals surface area contributed by atoms with Gasteiger partial charge in [0, 0.05) is 11.6 Å². The minimum absolute atomic E-state index is 0.171. The van der Waals surface area contributed by atoms with Gasteiger partial charge in [0.2, 0.25) is 5.43 Å². The van der Waals surface area contributed by atoms with Crippen molar-refractivity contribution in [3.05, 3.63) is 75.9 Å². The molecule has 0 bridgehead atoms. The third kappa shape index (κ3) is 4.66. The minimum atomic E-state index is -0.171. The standard InChI is InChI=1S/C28H26O7/c1-30-19-9-11-20-24(16-19)35-28(18-8-13-23(32-3)26(15-18)34-5)21(27(20)29)10-6-17-7-12-22(31-2)25(14-17)33-4/h6-16H,1-5H3/b10-6+. The molecule has 0 saturated heterocycles. The van der Waals surface area contributed by atoms with Crippen molar-refractivity contribution in [2.45, 2.75) is 0 Å². The maximum atomic E-state index is 13.6. The van der Waals surface area contributed by atoms with E-state index in [1.165, 1.54) is 0 Å². The second-order valence-corrected chi connectivity index (χ2v) is 7.55. The quantitative estimate of drug-likeness (QED) is 0.325. The van der Waals surface area contributed by atoms with Crippen LogP contribution in [0, 0.1) is 0 Å². The predicted molar refractivity (Wildman–Crippen MR) is 136 cm³/mol. The first-order valence-electron chi connectivity index (χ1n) is 10.8. The highest BCUT2D eigenvalue weighted by Gasteiger charge is 2.17. The molecule has 0 aliphatic heterocycles. The lowest BCUT2D eigenvalue weighted by molar-refractivity contribution is 0.355. The van der Waals surface area contributed by atoms with Gasteiger partial charge < -0.3 is 28.1 Å². The molecule has 1 aromatic heterocycles. The molecule has 0 N–H and O–H groups in total. The summed E-state index contributed by atoms with van der Waals surface area (Å²) in [7, 11) is 7.84. The van der Waals surface area contributed by atoms with Crippen molar-refractivity contribution < 1.29 is 28.1 Å². The third-order valence-corrected chi connectivity index (χ3v) is 5.63. The summed E-state index contributed by atoms with van der Waals surface area (Å²) in [5.74, 6) is 3.29. The predicted octanol–water partition coefficient (Wildman–Crippen LogP) is 5.67. The van der Waals surface area contributed by atoms with Crippen LogP contribution in [0.4, 0.5) is 0 Å². The van der Waals surface area contributed by atoms with Gasteiger partial charge >= 0.3 is 0 Å². The zero-order chi connectivity index (χ0) is 24.9. The summed E-state index contributed by atoms with van der Waals surface area (Å²) in [5.41, 5.74) is 2.13. The number of rotatable bonds is 8. The van der Waals surface area contributed by atoms with Gasteiger partial charge in [-0.2, -0.15) is 0 Å². The lowest BCUT2D eigenvalue weighted by Crippen LogP contribution is -2.07. The SMILES string of the molecule is COc1ccc2c(=O)c(/C=C/c3ccc(OC)c(OC)c3)c(-c3ccc(OC)c(OC)c3)oc2c1. The smallest absolute Gasteiger partial charge is 0.200 e. The summed E-state index contributed by atoms with van der Waals surface area (Å²) < 4.78 is 33.1. The molecule has 0 spiro atoms. The fourth-order valence-corrected chi connectivity index (χ4v) is 3.79. The van der Waals surface area contributed by atoms with Crippen LogP contribution < -0.4 is 29.1 Å². The average Bonchev–Trinajstić information content (AvgIpc) is 2.91. The lowest BCUT2D eigenvalue weighted by atomic mass is 10.0. The Balaban J connectivity index is 1.92. The van der Waals surface area contributed by atoms with E-state index in [2.05, 4.69) is 0 Å². The van der Waals surface area contributed by atoms with E-state index in [9.17, 15) is 4.79 Å². The first-order chi connectivity index (χ1) is 17.0. The fraction of sp³-hybridized carbons (Fsp3) is 0.179. The van der Waals surface area contributed by atoms with Crippen LogP contribution in [0.5, 0.6) is 28.7 Å². The van der Waals surface area contributed by atoms with E-state index in [0.29, 0.717) is 56.6 Å². The van der Waals surface area contributed by atoms with Crippen molar-refractivity contribution in [2.75, 3.05) is 35.5 Å². The zero-order valence-corrected chi connectivity index (χ0v) is 20.2. The molecule has 1 heterocycles.